The average Bonchev–Trinajstić information content (AvgIpc) is 2.77. The van der Waals surface area contributed by atoms with Crippen LogP contribution >= 0.6 is 12.2 Å². The van der Waals surface area contributed by atoms with Gasteiger partial charge in [0.25, 0.3) is 0 Å². The first kappa shape index (κ1) is 18.4. The molecule has 0 bridgehead atoms. The molecular weight excluding hydrogens is 360 g/mol. The van der Waals surface area contributed by atoms with Crippen molar-refractivity contribution in [2.75, 3.05) is 0 Å². The lowest BCUT2D eigenvalue weighted by molar-refractivity contribution is 0.306. The predicted molar refractivity (Wildman–Crippen MR) is 122 cm³/mol. The maximum absolute atomic E-state index is 6.04. The first-order valence-electron chi connectivity index (χ1n) is 9.58. The smallest absolute Gasteiger partial charge is 0.120 e. The van der Waals surface area contributed by atoms with Crippen molar-refractivity contribution in [3.05, 3.63) is 102 Å². The summed E-state index contributed by atoms with van der Waals surface area (Å²) >= 11 is 5.61. The van der Waals surface area contributed by atoms with Crippen molar-refractivity contribution in [1.82, 2.24) is 0 Å². The Kier molecular flexibility index (Phi) is 5.50. The number of fused-ring (bicyclic) bond motifs is 1. The third-order valence-corrected chi connectivity index (χ3v) is 5.42. The molecule has 0 fully saturated rings. The number of thiocarbonyl (C=S) groups is 1. The quantitative estimate of drug-likeness (QED) is 0.257. The Bertz CT molecular complexity index is 1100. The Morgan fingerprint density at radius 3 is 2.25 bits per heavy atom. The fourth-order valence-electron chi connectivity index (χ4n) is 3.40. The molecule has 0 aliphatic carbocycles. The van der Waals surface area contributed by atoms with Gasteiger partial charge in [-0.3, -0.25) is 0 Å². The highest BCUT2D eigenvalue weighted by Crippen LogP contribution is 2.33. The molecule has 0 saturated carbocycles. The molecule has 0 atom stereocenters. The van der Waals surface area contributed by atoms with E-state index in [1.165, 1.54) is 16.5 Å². The highest BCUT2D eigenvalue weighted by Gasteiger charge is 2.10. The average molecular weight is 383 g/mol. The summed E-state index contributed by atoms with van der Waals surface area (Å²) in [6, 6.07) is 31.4. The summed E-state index contributed by atoms with van der Waals surface area (Å²) < 4.78 is 6.04. The second-order valence-corrected chi connectivity index (χ2v) is 7.32. The van der Waals surface area contributed by atoms with E-state index >= 15 is 0 Å². The van der Waals surface area contributed by atoms with E-state index in [-0.39, 0.29) is 0 Å². The molecule has 28 heavy (non-hydrogen) atoms. The van der Waals surface area contributed by atoms with Gasteiger partial charge in [-0.2, -0.15) is 0 Å². The largest absolute Gasteiger partial charge is 0.489 e. The zero-order chi connectivity index (χ0) is 19.3. The minimum atomic E-state index is 0.560. The molecule has 4 rings (SSSR count). The third kappa shape index (κ3) is 3.97. The van der Waals surface area contributed by atoms with Crippen molar-refractivity contribution in [1.29, 1.82) is 0 Å². The van der Waals surface area contributed by atoms with E-state index in [0.29, 0.717) is 6.61 Å². The van der Waals surface area contributed by atoms with Gasteiger partial charge in [0.2, 0.25) is 0 Å². The molecule has 0 spiro atoms. The molecule has 0 heterocycles. The van der Waals surface area contributed by atoms with Gasteiger partial charge in [0.1, 0.15) is 12.4 Å². The van der Waals surface area contributed by atoms with Gasteiger partial charge in [-0.15, -0.1) is 0 Å². The van der Waals surface area contributed by atoms with Crippen LogP contribution in [0.1, 0.15) is 24.5 Å². The van der Waals surface area contributed by atoms with E-state index in [4.69, 9.17) is 17.0 Å². The van der Waals surface area contributed by atoms with Gasteiger partial charge in [-0.05, 0) is 63.7 Å². The molecular formula is C26H22OS. The van der Waals surface area contributed by atoms with Crippen LogP contribution < -0.4 is 4.74 Å². The molecule has 0 saturated heterocycles. The Morgan fingerprint density at radius 2 is 1.54 bits per heavy atom. The summed E-state index contributed by atoms with van der Waals surface area (Å²) in [5, 5.41) is 2.36. The van der Waals surface area contributed by atoms with Crippen molar-refractivity contribution in [2.45, 2.75) is 20.0 Å². The van der Waals surface area contributed by atoms with E-state index in [2.05, 4.69) is 73.7 Å². The first-order valence-corrected chi connectivity index (χ1v) is 9.98. The van der Waals surface area contributed by atoms with Gasteiger partial charge in [0.05, 0.1) is 0 Å². The van der Waals surface area contributed by atoms with Crippen LogP contribution in [0.4, 0.5) is 0 Å². The highest BCUT2D eigenvalue weighted by molar-refractivity contribution is 7.80. The van der Waals surface area contributed by atoms with Gasteiger partial charge in [0.15, 0.2) is 0 Å². The SMILES string of the molecule is CCC(=S)c1cc(-c2ccccc2)c2ccc(OCc3ccccc3)cc2c1. The van der Waals surface area contributed by atoms with Crippen LogP contribution in [-0.4, -0.2) is 4.86 Å². The number of hydrogen-bond donors (Lipinski definition) is 0. The standard InChI is InChI=1S/C26H22OS/c1-2-26(28)22-15-21-16-23(27-18-19-9-5-3-6-10-19)13-14-24(21)25(17-22)20-11-7-4-8-12-20/h3-17H,2,18H2,1H3. The molecule has 0 aliphatic rings. The maximum Gasteiger partial charge on any atom is 0.120 e. The zero-order valence-corrected chi connectivity index (χ0v) is 16.7. The van der Waals surface area contributed by atoms with E-state index in [1.54, 1.807) is 0 Å². The molecule has 0 aliphatic heterocycles. The Balaban J connectivity index is 1.75. The van der Waals surface area contributed by atoms with Crippen LogP contribution in [-0.2, 0) is 6.61 Å². The van der Waals surface area contributed by atoms with Crippen LogP contribution in [0.3, 0.4) is 0 Å². The van der Waals surface area contributed by atoms with Crippen molar-refractivity contribution < 1.29 is 4.74 Å². The molecule has 4 aromatic rings. The molecule has 1 nitrogen and oxygen atoms in total. The Hall–Kier alpha value is -2.97. The lowest BCUT2D eigenvalue weighted by atomic mass is 9.94. The summed E-state index contributed by atoms with van der Waals surface area (Å²) in [5.74, 6) is 0.870. The predicted octanol–water partition coefficient (Wildman–Crippen LogP) is 7.21. The normalized spacial score (nSPS) is 10.8. The summed E-state index contributed by atoms with van der Waals surface area (Å²) in [4.78, 5) is 0.981. The third-order valence-electron chi connectivity index (χ3n) is 4.90. The van der Waals surface area contributed by atoms with Crippen molar-refractivity contribution in [2.24, 2.45) is 0 Å². The topological polar surface area (TPSA) is 9.23 Å². The summed E-state index contributed by atoms with van der Waals surface area (Å²) in [7, 11) is 0. The Labute approximate surface area is 171 Å². The van der Waals surface area contributed by atoms with Crippen LogP contribution in [0.5, 0.6) is 5.75 Å². The molecule has 0 N–H and O–H groups in total. The molecule has 0 amide bonds. The van der Waals surface area contributed by atoms with Gasteiger partial charge < -0.3 is 4.74 Å². The maximum atomic E-state index is 6.04. The molecule has 2 heteroatoms. The van der Waals surface area contributed by atoms with E-state index in [0.717, 1.165) is 33.5 Å². The second kappa shape index (κ2) is 8.37. The second-order valence-electron chi connectivity index (χ2n) is 6.82. The van der Waals surface area contributed by atoms with Crippen LogP contribution in [0, 0.1) is 0 Å². The van der Waals surface area contributed by atoms with E-state index in [9.17, 15) is 0 Å². The van der Waals surface area contributed by atoms with Crippen molar-refractivity contribution >= 4 is 27.9 Å². The molecule has 0 radical (unpaired) electrons. The van der Waals surface area contributed by atoms with Gasteiger partial charge in [-0.25, -0.2) is 0 Å². The van der Waals surface area contributed by atoms with Crippen LogP contribution in [0.15, 0.2) is 91.0 Å². The van der Waals surface area contributed by atoms with Crippen molar-refractivity contribution in [3.63, 3.8) is 0 Å². The molecule has 4 aromatic carbocycles. The summed E-state index contributed by atoms with van der Waals surface area (Å²) in [6.07, 6.45) is 0.860. The molecule has 0 aromatic heterocycles. The van der Waals surface area contributed by atoms with E-state index in [1.807, 2.05) is 24.3 Å². The lowest BCUT2D eigenvalue weighted by Crippen LogP contribution is -1.97. The van der Waals surface area contributed by atoms with Crippen molar-refractivity contribution in [3.8, 4) is 16.9 Å². The first-order chi connectivity index (χ1) is 13.7. The summed E-state index contributed by atoms with van der Waals surface area (Å²) in [5.41, 5.74) is 4.68. The van der Waals surface area contributed by atoms with Gasteiger partial charge >= 0.3 is 0 Å². The number of rotatable bonds is 6. The van der Waals surface area contributed by atoms with Crippen LogP contribution in [0.25, 0.3) is 21.9 Å². The fourth-order valence-corrected chi connectivity index (χ4v) is 3.52. The van der Waals surface area contributed by atoms with Gasteiger partial charge in [-0.1, -0.05) is 85.9 Å². The van der Waals surface area contributed by atoms with Gasteiger partial charge in [0, 0.05) is 4.86 Å². The zero-order valence-electron chi connectivity index (χ0n) is 15.9. The monoisotopic (exact) mass is 382 g/mol. The highest BCUT2D eigenvalue weighted by atomic mass is 32.1. The Morgan fingerprint density at radius 1 is 0.821 bits per heavy atom. The molecule has 138 valence electrons. The van der Waals surface area contributed by atoms with E-state index < -0.39 is 0 Å². The minimum Gasteiger partial charge on any atom is -0.489 e. The number of benzene rings is 4. The lowest BCUT2D eigenvalue weighted by Gasteiger charge is -2.13. The summed E-state index contributed by atoms with van der Waals surface area (Å²) in [6.45, 7) is 2.67. The fraction of sp³-hybridized carbons (Fsp3) is 0.115. The van der Waals surface area contributed by atoms with Crippen LogP contribution in [0.2, 0.25) is 0 Å². The number of hydrogen-bond acceptors (Lipinski definition) is 2. The molecule has 0 unspecified atom stereocenters. The number of ether oxygens (including phenoxy) is 1. The minimum absolute atomic E-state index is 0.560.